The monoisotopic (exact) mass is 179 g/mol. The first-order valence-electron chi connectivity index (χ1n) is 3.77. The number of hydrogen-bond acceptors (Lipinski definition) is 2. The van der Waals surface area contributed by atoms with E-state index < -0.39 is 10.0 Å². The molecule has 0 atom stereocenters. The summed E-state index contributed by atoms with van der Waals surface area (Å²) in [5.74, 6) is 0.0772. The van der Waals surface area contributed by atoms with Crippen molar-refractivity contribution in [3.63, 3.8) is 0 Å². The fourth-order valence-electron chi connectivity index (χ4n) is 1.29. The second kappa shape index (κ2) is 3.54. The number of hydrogen-bond donors (Lipinski definition) is 1. The molecule has 0 aliphatic heterocycles. The van der Waals surface area contributed by atoms with E-state index in [-0.39, 0.29) is 11.2 Å². The van der Waals surface area contributed by atoms with Gasteiger partial charge in [-0.3, -0.25) is 0 Å². The Morgan fingerprint density at radius 2 is 1.82 bits per heavy atom. The van der Waals surface area contributed by atoms with Gasteiger partial charge in [-0.15, -0.1) is 0 Å². The predicted molar refractivity (Wildman–Crippen MR) is 46.7 cm³/mol. The van der Waals surface area contributed by atoms with E-state index >= 15 is 0 Å². The second-order valence-corrected chi connectivity index (χ2v) is 5.34. The molecule has 0 bridgehead atoms. The van der Waals surface area contributed by atoms with E-state index in [1.54, 1.807) is 0 Å². The lowest BCUT2D eigenvalue weighted by Crippen LogP contribution is -2.28. The van der Waals surface area contributed by atoms with Crippen molar-refractivity contribution < 1.29 is 8.42 Å². The van der Waals surface area contributed by atoms with E-state index in [0.717, 1.165) is 12.8 Å². The minimum absolute atomic E-state index is 0.0772. The third-order valence-corrected chi connectivity index (χ3v) is 2.70. The summed E-state index contributed by atoms with van der Waals surface area (Å²) in [6, 6.07) is 0. The standard InChI is InChI=1S/C7H17NO2S/c1-4-5-7(2,3)6-11(8,9)10/h4-6H2,1-3H3,(H2,8,9,10). The van der Waals surface area contributed by atoms with Crippen LogP contribution in [-0.4, -0.2) is 14.2 Å². The first-order valence-corrected chi connectivity index (χ1v) is 5.49. The van der Waals surface area contributed by atoms with Gasteiger partial charge in [-0.05, 0) is 11.8 Å². The minimum atomic E-state index is -3.30. The van der Waals surface area contributed by atoms with Crippen molar-refractivity contribution in [2.75, 3.05) is 5.75 Å². The summed E-state index contributed by atoms with van der Waals surface area (Å²) in [5.41, 5.74) is -0.178. The lowest BCUT2D eigenvalue weighted by Gasteiger charge is -2.21. The van der Waals surface area contributed by atoms with Crippen LogP contribution >= 0.6 is 0 Å². The van der Waals surface area contributed by atoms with Gasteiger partial charge in [0.25, 0.3) is 0 Å². The molecule has 0 aromatic carbocycles. The molecule has 0 saturated carbocycles. The van der Waals surface area contributed by atoms with Crippen LogP contribution in [0.1, 0.15) is 33.6 Å². The predicted octanol–water partition coefficient (Wildman–Crippen LogP) is 1.10. The molecule has 0 unspecified atom stereocenters. The third kappa shape index (κ3) is 6.31. The van der Waals surface area contributed by atoms with Crippen molar-refractivity contribution >= 4 is 10.0 Å². The van der Waals surface area contributed by atoms with Crippen LogP contribution in [0.5, 0.6) is 0 Å². The molecule has 0 amide bonds. The minimum Gasteiger partial charge on any atom is -0.229 e. The van der Waals surface area contributed by atoms with Gasteiger partial charge in [-0.2, -0.15) is 0 Å². The van der Waals surface area contributed by atoms with E-state index in [4.69, 9.17) is 5.14 Å². The summed E-state index contributed by atoms with van der Waals surface area (Å²) in [5, 5.41) is 4.92. The number of primary sulfonamides is 1. The Balaban J connectivity index is 4.13. The van der Waals surface area contributed by atoms with Gasteiger partial charge in [0.05, 0.1) is 5.75 Å². The average Bonchev–Trinajstić information content (AvgIpc) is 1.55. The molecule has 0 rings (SSSR count). The van der Waals surface area contributed by atoms with Crippen molar-refractivity contribution in [1.82, 2.24) is 0 Å². The maximum atomic E-state index is 10.7. The highest BCUT2D eigenvalue weighted by Crippen LogP contribution is 2.22. The lowest BCUT2D eigenvalue weighted by atomic mass is 9.91. The smallest absolute Gasteiger partial charge is 0.209 e. The summed E-state index contributed by atoms with van der Waals surface area (Å²) in [4.78, 5) is 0. The van der Waals surface area contributed by atoms with E-state index in [2.05, 4.69) is 0 Å². The zero-order valence-corrected chi connectivity index (χ0v) is 8.24. The van der Waals surface area contributed by atoms with Gasteiger partial charge >= 0.3 is 0 Å². The molecule has 0 spiro atoms. The molecule has 11 heavy (non-hydrogen) atoms. The molecule has 68 valence electrons. The Hall–Kier alpha value is -0.0900. The van der Waals surface area contributed by atoms with Crippen LogP contribution in [0.15, 0.2) is 0 Å². The molecule has 0 aliphatic rings. The van der Waals surface area contributed by atoms with Crippen LogP contribution in [0.25, 0.3) is 0 Å². The molecule has 4 heteroatoms. The summed E-state index contributed by atoms with van der Waals surface area (Å²) in [6.45, 7) is 5.87. The van der Waals surface area contributed by atoms with Crippen LogP contribution in [0.4, 0.5) is 0 Å². The van der Waals surface area contributed by atoms with E-state index in [1.165, 1.54) is 0 Å². The van der Waals surface area contributed by atoms with Crippen molar-refractivity contribution in [2.24, 2.45) is 10.6 Å². The summed E-state index contributed by atoms with van der Waals surface area (Å²) in [6.07, 6.45) is 1.88. The van der Waals surface area contributed by atoms with Gasteiger partial charge in [-0.1, -0.05) is 27.2 Å². The van der Waals surface area contributed by atoms with E-state index in [9.17, 15) is 8.42 Å². The highest BCUT2D eigenvalue weighted by molar-refractivity contribution is 7.89. The molecule has 0 aromatic heterocycles. The Kier molecular flexibility index (Phi) is 3.51. The highest BCUT2D eigenvalue weighted by atomic mass is 32.2. The molecular formula is C7H17NO2S. The van der Waals surface area contributed by atoms with Gasteiger partial charge in [0, 0.05) is 0 Å². The Morgan fingerprint density at radius 3 is 2.09 bits per heavy atom. The summed E-state index contributed by atoms with van der Waals surface area (Å²) < 4.78 is 21.4. The van der Waals surface area contributed by atoms with Crippen molar-refractivity contribution in [3.05, 3.63) is 0 Å². The normalized spacial score (nSPS) is 13.5. The van der Waals surface area contributed by atoms with Gasteiger partial charge < -0.3 is 0 Å². The number of nitrogens with two attached hydrogens (primary N) is 1. The molecule has 3 nitrogen and oxygen atoms in total. The Bertz CT molecular complexity index is 206. The van der Waals surface area contributed by atoms with Gasteiger partial charge in [0.2, 0.25) is 10.0 Å². The van der Waals surface area contributed by atoms with Crippen LogP contribution < -0.4 is 5.14 Å². The van der Waals surface area contributed by atoms with Gasteiger partial charge in [0.15, 0.2) is 0 Å². The third-order valence-electron chi connectivity index (χ3n) is 1.52. The zero-order chi connectivity index (χ0) is 9.12. The van der Waals surface area contributed by atoms with Crippen molar-refractivity contribution in [2.45, 2.75) is 33.6 Å². The summed E-state index contributed by atoms with van der Waals surface area (Å²) in [7, 11) is -3.30. The molecule has 2 N–H and O–H groups in total. The lowest BCUT2D eigenvalue weighted by molar-refractivity contribution is 0.373. The SMILES string of the molecule is CCCC(C)(C)CS(N)(=O)=O. The Labute approximate surface area is 69.0 Å². The van der Waals surface area contributed by atoms with Crippen LogP contribution in [0, 0.1) is 5.41 Å². The maximum Gasteiger partial charge on any atom is 0.209 e. The molecule has 0 aromatic rings. The summed E-state index contributed by atoms with van der Waals surface area (Å²) >= 11 is 0. The molecule has 0 fully saturated rings. The molecule has 0 heterocycles. The number of rotatable bonds is 4. The topological polar surface area (TPSA) is 60.2 Å². The molecule has 0 aliphatic carbocycles. The second-order valence-electron chi connectivity index (χ2n) is 3.72. The quantitative estimate of drug-likeness (QED) is 0.702. The van der Waals surface area contributed by atoms with Crippen LogP contribution in [0.3, 0.4) is 0 Å². The number of sulfonamides is 1. The van der Waals surface area contributed by atoms with Crippen LogP contribution in [0.2, 0.25) is 0 Å². The zero-order valence-electron chi connectivity index (χ0n) is 7.42. The molecule has 0 radical (unpaired) electrons. The first-order chi connectivity index (χ1) is 4.77. The van der Waals surface area contributed by atoms with Gasteiger partial charge in [-0.25, -0.2) is 13.6 Å². The molecule has 0 saturated heterocycles. The van der Waals surface area contributed by atoms with E-state index in [0.29, 0.717) is 0 Å². The largest absolute Gasteiger partial charge is 0.229 e. The van der Waals surface area contributed by atoms with Crippen molar-refractivity contribution in [1.29, 1.82) is 0 Å². The highest BCUT2D eigenvalue weighted by Gasteiger charge is 2.22. The van der Waals surface area contributed by atoms with Gasteiger partial charge in [0.1, 0.15) is 0 Å². The molecular weight excluding hydrogens is 162 g/mol. The van der Waals surface area contributed by atoms with Crippen LogP contribution in [-0.2, 0) is 10.0 Å². The first kappa shape index (κ1) is 10.9. The Morgan fingerprint density at radius 1 is 1.36 bits per heavy atom. The average molecular weight is 179 g/mol. The van der Waals surface area contributed by atoms with Crippen molar-refractivity contribution in [3.8, 4) is 0 Å². The fourth-order valence-corrected chi connectivity index (χ4v) is 2.53. The van der Waals surface area contributed by atoms with E-state index in [1.807, 2.05) is 20.8 Å². The fraction of sp³-hybridized carbons (Fsp3) is 1.00. The maximum absolute atomic E-state index is 10.7.